The second-order valence-electron chi connectivity index (χ2n) is 15.2. The van der Waals surface area contributed by atoms with Gasteiger partial charge in [0.1, 0.15) is 19.8 Å². The predicted octanol–water partition coefficient (Wildman–Crippen LogP) is 11.0. The van der Waals surface area contributed by atoms with E-state index in [2.05, 4.69) is 68.5 Å². The lowest BCUT2D eigenvalue weighted by Crippen LogP contribution is -2.37. The van der Waals surface area contributed by atoms with E-state index in [1.807, 2.05) is 39.4 Å². The van der Waals surface area contributed by atoms with Crippen molar-refractivity contribution < 1.29 is 47.2 Å². The van der Waals surface area contributed by atoms with Crippen molar-refractivity contribution in [2.75, 3.05) is 47.5 Å². The van der Waals surface area contributed by atoms with Crippen LogP contribution in [0.4, 0.5) is 0 Å². The van der Waals surface area contributed by atoms with E-state index in [0.717, 1.165) is 64.2 Å². The Labute approximate surface area is 346 Å². The summed E-state index contributed by atoms with van der Waals surface area (Å²) in [5.41, 5.74) is 0. The fourth-order valence-electron chi connectivity index (χ4n) is 5.10. The van der Waals surface area contributed by atoms with Crippen LogP contribution < -0.4 is 0 Å². The number of hydrogen-bond acceptors (Lipinski definition) is 8. The van der Waals surface area contributed by atoms with Gasteiger partial charge in [0, 0.05) is 12.8 Å². The fourth-order valence-corrected chi connectivity index (χ4v) is 5.84. The van der Waals surface area contributed by atoms with Gasteiger partial charge in [-0.3, -0.25) is 18.6 Å². The molecule has 2 unspecified atom stereocenters. The highest BCUT2D eigenvalue weighted by Crippen LogP contribution is 2.43. The molecule has 0 heterocycles. The summed E-state index contributed by atoms with van der Waals surface area (Å²) in [4.78, 5) is 35.3. The van der Waals surface area contributed by atoms with Gasteiger partial charge in [0.25, 0.3) is 0 Å². The van der Waals surface area contributed by atoms with Crippen LogP contribution >= 0.6 is 7.82 Å². The molecule has 326 valence electrons. The number of ether oxygens (including phenoxy) is 2. The number of hydrogen-bond donors (Lipinski definition) is 2. The minimum Gasteiger partial charge on any atom is -0.462 e. The summed E-state index contributed by atoms with van der Waals surface area (Å²) in [6.45, 7) is 4.06. The van der Waals surface area contributed by atoms with Crippen molar-refractivity contribution in [1.29, 1.82) is 0 Å². The molecule has 0 aliphatic carbocycles. The average molecular weight is 821 g/mol. The highest BCUT2D eigenvalue weighted by Gasteiger charge is 2.27. The van der Waals surface area contributed by atoms with Gasteiger partial charge in [-0.05, 0) is 77.0 Å². The van der Waals surface area contributed by atoms with Crippen LogP contribution in [0, 0.1) is 0 Å². The number of phosphoric acid groups is 1. The first-order valence-electron chi connectivity index (χ1n) is 21.4. The number of aliphatic hydroxyl groups is 1. The van der Waals surface area contributed by atoms with Crippen LogP contribution in [0.25, 0.3) is 0 Å². The molecule has 0 rings (SSSR count). The molecule has 0 aromatic heterocycles. The van der Waals surface area contributed by atoms with Gasteiger partial charge in [0.2, 0.25) is 0 Å². The van der Waals surface area contributed by atoms with Crippen LogP contribution in [0.5, 0.6) is 0 Å². The fraction of sp³-hybridized carbons (Fsp3) is 0.652. The number of likely N-dealkylation sites (N-methyl/N-ethyl adjacent to an activating group) is 1. The van der Waals surface area contributed by atoms with E-state index in [9.17, 15) is 24.2 Å². The number of esters is 2. The maximum atomic E-state index is 12.7. The standard InChI is InChI=1S/C46H78NO9P/c1-6-8-10-12-14-16-17-18-19-20-21-23-25-29-33-37-45(49)53-41-44(42-55-57(51,52)54-40-39-47(3,4)5)56-46(50)38-34-30-26-28-32-36-43(48)35-31-27-24-22-15-13-11-9-7-2/h8,10,14-16,18-19,22,26-28,31-32,36,43-44,48H,6-7,9,11-13,17,20-21,23-25,29-30,33-35,37-42H2,1-5H3/p+1/b10-8-,16-14-,19-18-,22-15-,28-26+,31-27-,36-32-/t43?,44-/m1/s1. The summed E-state index contributed by atoms with van der Waals surface area (Å²) in [5, 5.41) is 10.2. The number of carbonyl (C=O) groups excluding carboxylic acids is 2. The van der Waals surface area contributed by atoms with Gasteiger partial charge < -0.3 is 24.0 Å². The van der Waals surface area contributed by atoms with Crippen molar-refractivity contribution in [3.05, 3.63) is 85.1 Å². The average Bonchev–Trinajstić information content (AvgIpc) is 3.15. The van der Waals surface area contributed by atoms with E-state index >= 15 is 0 Å². The van der Waals surface area contributed by atoms with Gasteiger partial charge in [-0.25, -0.2) is 4.57 Å². The lowest BCUT2D eigenvalue weighted by molar-refractivity contribution is -0.870. The molecule has 0 aromatic carbocycles. The van der Waals surface area contributed by atoms with Crippen molar-refractivity contribution in [3.8, 4) is 0 Å². The highest BCUT2D eigenvalue weighted by atomic mass is 31.2. The van der Waals surface area contributed by atoms with E-state index in [4.69, 9.17) is 18.5 Å². The molecule has 10 nitrogen and oxygen atoms in total. The third-order valence-electron chi connectivity index (χ3n) is 8.49. The zero-order valence-electron chi connectivity index (χ0n) is 36.1. The molecule has 3 atom stereocenters. The van der Waals surface area contributed by atoms with E-state index in [0.29, 0.717) is 36.7 Å². The SMILES string of the molecule is CC/C=C\C/C=C\C/C=C\CCCCCCCC(=O)OC[C@H](COP(=O)(O)OCC[N+](C)(C)C)OC(=O)CCC/C=C/C=C\C(O)C/C=C\C/C=C\CCCCC. The summed E-state index contributed by atoms with van der Waals surface area (Å²) in [7, 11) is 1.36. The van der Waals surface area contributed by atoms with Crippen LogP contribution in [-0.4, -0.2) is 86.1 Å². The number of phosphoric ester groups is 1. The topological polar surface area (TPSA) is 129 Å². The van der Waals surface area contributed by atoms with Crippen molar-refractivity contribution >= 4 is 19.8 Å². The number of aliphatic hydroxyl groups excluding tert-OH is 1. The molecule has 0 fully saturated rings. The van der Waals surface area contributed by atoms with Crippen LogP contribution in [0.1, 0.15) is 136 Å². The first kappa shape index (κ1) is 54.2. The molecular formula is C46H79NO9P+. The Bertz CT molecular complexity index is 1260. The normalized spacial score (nSPS) is 15.0. The van der Waals surface area contributed by atoms with Crippen LogP contribution in [0.2, 0.25) is 0 Å². The highest BCUT2D eigenvalue weighted by molar-refractivity contribution is 7.47. The first-order valence-corrected chi connectivity index (χ1v) is 22.9. The first-order chi connectivity index (χ1) is 27.4. The third-order valence-corrected chi connectivity index (χ3v) is 9.47. The van der Waals surface area contributed by atoms with Crippen molar-refractivity contribution in [1.82, 2.24) is 0 Å². The second-order valence-corrected chi connectivity index (χ2v) is 16.6. The van der Waals surface area contributed by atoms with Crippen molar-refractivity contribution in [3.63, 3.8) is 0 Å². The molecule has 0 saturated carbocycles. The molecule has 0 bridgehead atoms. The molecule has 0 saturated heterocycles. The van der Waals surface area contributed by atoms with Crippen LogP contribution in [0.3, 0.4) is 0 Å². The number of rotatable bonds is 37. The molecule has 0 aliphatic rings. The lowest BCUT2D eigenvalue weighted by Gasteiger charge is -2.24. The maximum absolute atomic E-state index is 12.7. The molecule has 57 heavy (non-hydrogen) atoms. The van der Waals surface area contributed by atoms with Gasteiger partial charge in [-0.2, -0.15) is 0 Å². The predicted molar refractivity (Wildman–Crippen MR) is 235 cm³/mol. The van der Waals surface area contributed by atoms with Crippen LogP contribution in [0.15, 0.2) is 85.1 Å². The molecule has 11 heteroatoms. The number of nitrogens with zero attached hydrogens (tertiary/aromatic N) is 1. The molecule has 0 amide bonds. The number of allylic oxidation sites excluding steroid dienone is 12. The summed E-state index contributed by atoms with van der Waals surface area (Å²) < 4.78 is 34.1. The second kappa shape index (κ2) is 37.4. The Morgan fingerprint density at radius 3 is 1.89 bits per heavy atom. The van der Waals surface area contributed by atoms with E-state index in [-0.39, 0.29) is 26.1 Å². The van der Waals surface area contributed by atoms with Crippen molar-refractivity contribution in [2.45, 2.75) is 148 Å². The minimum atomic E-state index is -4.42. The van der Waals surface area contributed by atoms with Gasteiger partial charge in [-0.15, -0.1) is 0 Å². The molecule has 2 N–H and O–H groups in total. The molecule has 0 radical (unpaired) electrons. The smallest absolute Gasteiger partial charge is 0.462 e. The van der Waals surface area contributed by atoms with Gasteiger partial charge in [0.15, 0.2) is 6.10 Å². The minimum absolute atomic E-state index is 0.00170. The molecule has 0 spiro atoms. The lowest BCUT2D eigenvalue weighted by atomic mass is 10.1. The van der Waals surface area contributed by atoms with Crippen LogP contribution in [-0.2, 0) is 32.7 Å². The molecule has 0 aromatic rings. The maximum Gasteiger partial charge on any atom is 0.472 e. The molecular weight excluding hydrogens is 741 g/mol. The van der Waals surface area contributed by atoms with E-state index in [1.54, 1.807) is 12.2 Å². The largest absolute Gasteiger partial charge is 0.472 e. The summed E-state index contributed by atoms with van der Waals surface area (Å²) in [6, 6.07) is 0. The quantitative estimate of drug-likeness (QED) is 0.0157. The summed E-state index contributed by atoms with van der Waals surface area (Å²) >= 11 is 0. The number of unbranched alkanes of at least 4 members (excludes halogenated alkanes) is 9. The zero-order chi connectivity index (χ0) is 42.3. The zero-order valence-corrected chi connectivity index (χ0v) is 37.0. The number of carbonyl (C=O) groups is 2. The Hall–Kier alpha value is -2.85. The molecule has 0 aliphatic heterocycles. The van der Waals surface area contributed by atoms with E-state index in [1.165, 1.54) is 19.3 Å². The summed E-state index contributed by atoms with van der Waals surface area (Å²) in [6.07, 6.45) is 43.8. The summed E-state index contributed by atoms with van der Waals surface area (Å²) in [5.74, 6) is -0.959. The Kier molecular flexibility index (Phi) is 35.6. The van der Waals surface area contributed by atoms with E-state index < -0.39 is 38.6 Å². The third kappa shape index (κ3) is 41.1. The van der Waals surface area contributed by atoms with Crippen molar-refractivity contribution in [2.24, 2.45) is 0 Å². The monoisotopic (exact) mass is 821 g/mol. The van der Waals surface area contributed by atoms with Gasteiger partial charge in [0.05, 0.1) is 33.9 Å². The Morgan fingerprint density at radius 2 is 1.23 bits per heavy atom. The van der Waals surface area contributed by atoms with Gasteiger partial charge >= 0.3 is 19.8 Å². The Balaban J connectivity index is 4.61. The van der Waals surface area contributed by atoms with Gasteiger partial charge in [-0.1, -0.05) is 131 Å². The Morgan fingerprint density at radius 1 is 0.649 bits per heavy atom. The number of quaternary nitrogens is 1.